The molecule has 0 aromatic heterocycles. The molecule has 0 atom stereocenters. The average molecular weight is 495 g/mol. The van der Waals surface area contributed by atoms with Crippen LogP contribution in [0.15, 0.2) is 121 Å². The molecule has 37 heavy (non-hydrogen) atoms. The van der Waals surface area contributed by atoms with Gasteiger partial charge in [0.05, 0.1) is 12.1 Å². The van der Waals surface area contributed by atoms with Crippen molar-refractivity contribution in [3.05, 3.63) is 132 Å². The van der Waals surface area contributed by atoms with E-state index in [1.807, 2.05) is 78.9 Å². The predicted molar refractivity (Wildman–Crippen MR) is 151 cm³/mol. The Balaban J connectivity index is 1.91. The van der Waals surface area contributed by atoms with Gasteiger partial charge in [-0.25, -0.2) is 0 Å². The van der Waals surface area contributed by atoms with Crippen LogP contribution >= 0.6 is 6.89 Å². The number of Topliss-reactive ketones (excluding diaryl/α,β-unsaturated/α-hetero) is 1. The molecule has 4 heteroatoms. The molecule has 4 aromatic carbocycles. The normalized spacial score (nSPS) is 15.9. The summed E-state index contributed by atoms with van der Waals surface area (Å²) in [5.41, 5.74) is 1.52. The van der Waals surface area contributed by atoms with Crippen LogP contribution in [0.4, 0.5) is 0 Å². The molecule has 0 N–H and O–H groups in total. The van der Waals surface area contributed by atoms with Crippen LogP contribution in [-0.2, 0) is 11.2 Å². The first-order valence-corrected chi connectivity index (χ1v) is 14.1. The Hall–Kier alpha value is -4.43. The molecule has 0 radical (unpaired) electrons. The van der Waals surface area contributed by atoms with E-state index in [9.17, 15) is 15.3 Å². The second kappa shape index (κ2) is 8.90. The zero-order valence-corrected chi connectivity index (χ0v) is 21.0. The highest BCUT2D eigenvalue weighted by atomic mass is 31.2. The lowest BCUT2D eigenvalue weighted by molar-refractivity contribution is -0.115. The quantitative estimate of drug-likeness (QED) is 0.369. The SMILES string of the molecule is N#CC1(C#N)C(=O)C(=P(c2ccccc2)(c2ccccc2)c2ccccc2)C2=C1c1ccccc1CC2. The molecule has 176 valence electrons. The first-order chi connectivity index (χ1) is 18.2. The first-order valence-electron chi connectivity index (χ1n) is 12.3. The monoisotopic (exact) mass is 494 g/mol. The van der Waals surface area contributed by atoms with Gasteiger partial charge >= 0.3 is 0 Å². The summed E-state index contributed by atoms with van der Waals surface area (Å²) < 4.78 is 0. The van der Waals surface area contributed by atoms with Crippen LogP contribution in [0.2, 0.25) is 0 Å². The Morgan fingerprint density at radius 1 is 0.622 bits per heavy atom. The van der Waals surface area contributed by atoms with Crippen molar-refractivity contribution in [2.24, 2.45) is 5.41 Å². The van der Waals surface area contributed by atoms with E-state index < -0.39 is 12.3 Å². The number of aryl methyl sites for hydroxylation is 1. The van der Waals surface area contributed by atoms with E-state index in [0.717, 1.165) is 39.0 Å². The van der Waals surface area contributed by atoms with Gasteiger partial charge in [-0.1, -0.05) is 115 Å². The fourth-order valence-electron chi connectivity index (χ4n) is 6.01. The standard InChI is InChI=1S/C33H23N2OP/c34-22-33(23-35)30-28-19-11-10-12-24(28)20-21-29(30)31(32(33)36)37(25-13-4-1-5-14-25,26-15-6-2-7-16-26)27-17-8-3-9-18-27/h1-19H,20-21H2. The fraction of sp³-hybridized carbons (Fsp3) is 0.0909. The molecule has 0 amide bonds. The molecular weight excluding hydrogens is 471 g/mol. The minimum Gasteiger partial charge on any atom is -0.291 e. The number of hydrogen-bond acceptors (Lipinski definition) is 3. The lowest BCUT2D eigenvalue weighted by atomic mass is 9.75. The highest BCUT2D eigenvalue weighted by molar-refractivity contribution is 7.97. The fourth-order valence-corrected chi connectivity index (χ4v) is 10.6. The van der Waals surface area contributed by atoms with Gasteiger partial charge in [0.1, 0.15) is 0 Å². The van der Waals surface area contributed by atoms with Crippen molar-refractivity contribution in [2.45, 2.75) is 12.8 Å². The number of nitriles is 2. The second-order valence-corrected chi connectivity index (χ2v) is 12.7. The topological polar surface area (TPSA) is 64.7 Å². The maximum absolute atomic E-state index is 14.7. The summed E-state index contributed by atoms with van der Waals surface area (Å²) in [7, 11) is 0. The molecule has 0 spiro atoms. The highest BCUT2D eigenvalue weighted by Crippen LogP contribution is 2.57. The van der Waals surface area contributed by atoms with Crippen LogP contribution in [0, 0.1) is 28.1 Å². The summed E-state index contributed by atoms with van der Waals surface area (Å²) in [5.74, 6) is -0.371. The van der Waals surface area contributed by atoms with Crippen molar-refractivity contribution in [1.82, 2.24) is 0 Å². The Morgan fingerprint density at radius 3 is 1.57 bits per heavy atom. The summed E-state index contributed by atoms with van der Waals surface area (Å²) in [4.78, 5) is 14.7. The molecule has 0 unspecified atom stereocenters. The van der Waals surface area contributed by atoms with E-state index in [1.165, 1.54) is 0 Å². The van der Waals surface area contributed by atoms with Gasteiger partial charge in [0.2, 0.25) is 11.2 Å². The second-order valence-electron chi connectivity index (χ2n) is 9.34. The van der Waals surface area contributed by atoms with Crippen LogP contribution in [0.5, 0.6) is 0 Å². The van der Waals surface area contributed by atoms with Crippen LogP contribution in [0.25, 0.3) is 5.57 Å². The maximum atomic E-state index is 14.7. The first kappa shape index (κ1) is 23.0. The number of carbonyl (C=O) groups excluding carboxylic acids is 1. The lowest BCUT2D eigenvalue weighted by Gasteiger charge is -2.32. The van der Waals surface area contributed by atoms with Gasteiger partial charge in [0.25, 0.3) is 0 Å². The van der Waals surface area contributed by atoms with Crippen LogP contribution in [0.3, 0.4) is 0 Å². The molecule has 0 bridgehead atoms. The van der Waals surface area contributed by atoms with Gasteiger partial charge in [-0.2, -0.15) is 10.5 Å². The number of benzene rings is 4. The van der Waals surface area contributed by atoms with Crippen LogP contribution in [0.1, 0.15) is 17.5 Å². The lowest BCUT2D eigenvalue weighted by Crippen LogP contribution is -2.36. The maximum Gasteiger partial charge on any atom is 0.231 e. The van der Waals surface area contributed by atoms with Crippen molar-refractivity contribution in [1.29, 1.82) is 10.5 Å². The van der Waals surface area contributed by atoms with E-state index in [1.54, 1.807) is 0 Å². The molecule has 6 rings (SSSR count). The largest absolute Gasteiger partial charge is 0.291 e. The summed E-state index contributed by atoms with van der Waals surface area (Å²) in [5, 5.41) is 24.8. The molecule has 0 fully saturated rings. The Morgan fingerprint density at radius 2 is 1.08 bits per heavy atom. The summed E-state index contributed by atoms with van der Waals surface area (Å²) in [6, 6.07) is 42.8. The number of ketones is 1. The van der Waals surface area contributed by atoms with E-state index in [2.05, 4.69) is 48.5 Å². The number of fused-ring (bicyclic) bond motifs is 2. The van der Waals surface area contributed by atoms with Gasteiger partial charge in [0.15, 0.2) is 0 Å². The number of nitrogens with zero attached hydrogens (tertiary/aromatic N) is 2. The number of rotatable bonds is 3. The summed E-state index contributed by atoms with van der Waals surface area (Å²) >= 11 is 0. The van der Waals surface area contributed by atoms with Crippen molar-refractivity contribution < 1.29 is 4.79 Å². The van der Waals surface area contributed by atoms with Crippen molar-refractivity contribution in [3.8, 4) is 12.1 Å². The van der Waals surface area contributed by atoms with Crippen molar-refractivity contribution in [3.63, 3.8) is 0 Å². The molecule has 2 aliphatic carbocycles. The van der Waals surface area contributed by atoms with E-state index >= 15 is 0 Å². The summed E-state index contributed by atoms with van der Waals surface area (Å²) in [6.45, 7) is -2.76. The molecule has 0 aliphatic heterocycles. The van der Waals surface area contributed by atoms with Crippen molar-refractivity contribution >= 4 is 39.4 Å². The number of allylic oxidation sites excluding steroid dienone is 2. The van der Waals surface area contributed by atoms with Gasteiger partial charge in [0, 0.05) is 10.9 Å². The van der Waals surface area contributed by atoms with Gasteiger partial charge in [-0.15, -0.1) is 0 Å². The zero-order valence-electron chi connectivity index (χ0n) is 20.1. The summed E-state index contributed by atoms with van der Waals surface area (Å²) in [6.07, 6.45) is 1.38. The van der Waals surface area contributed by atoms with Crippen molar-refractivity contribution in [2.75, 3.05) is 0 Å². The zero-order chi connectivity index (χ0) is 25.5. The molecule has 2 aliphatic rings. The molecule has 4 aromatic rings. The molecule has 0 heterocycles. The third-order valence-electron chi connectivity index (χ3n) is 7.55. The molecule has 0 saturated carbocycles. The predicted octanol–water partition coefficient (Wildman–Crippen LogP) is 5.17. The molecule has 3 nitrogen and oxygen atoms in total. The van der Waals surface area contributed by atoms with E-state index in [4.69, 9.17) is 0 Å². The van der Waals surface area contributed by atoms with Crippen LogP contribution < -0.4 is 15.9 Å². The molecule has 0 saturated heterocycles. The number of carbonyl (C=O) groups is 1. The van der Waals surface area contributed by atoms with E-state index in [0.29, 0.717) is 17.3 Å². The third kappa shape index (κ3) is 3.15. The van der Waals surface area contributed by atoms with Crippen LogP contribution in [-0.4, -0.2) is 11.1 Å². The highest BCUT2D eigenvalue weighted by Gasteiger charge is 2.56. The average Bonchev–Trinajstić information content (AvgIpc) is 3.24. The smallest absolute Gasteiger partial charge is 0.231 e. The number of hydrogen-bond donors (Lipinski definition) is 0. The van der Waals surface area contributed by atoms with Gasteiger partial charge < -0.3 is 0 Å². The Bertz CT molecular complexity index is 1590. The Labute approximate surface area is 216 Å². The van der Waals surface area contributed by atoms with Gasteiger partial charge in [-0.3, -0.25) is 4.79 Å². The Kier molecular flexibility index (Phi) is 5.53. The van der Waals surface area contributed by atoms with E-state index in [-0.39, 0.29) is 5.78 Å². The van der Waals surface area contributed by atoms with Gasteiger partial charge in [-0.05, 0) is 52.3 Å². The minimum absolute atomic E-state index is 0.371. The third-order valence-corrected chi connectivity index (χ3v) is 11.9. The minimum atomic E-state index is -2.76. The molecular formula is C33H23N2OP.